The summed E-state index contributed by atoms with van der Waals surface area (Å²) in [5.41, 5.74) is 0. The first-order valence-corrected chi connectivity index (χ1v) is 11.7. The van der Waals surface area contributed by atoms with Gasteiger partial charge in [-0.25, -0.2) is 13.4 Å². The molecule has 1 spiro atoms. The Balaban J connectivity index is 0.00000280. The second kappa shape index (κ2) is 9.77. The van der Waals surface area contributed by atoms with Crippen molar-refractivity contribution in [3.8, 4) is 0 Å². The van der Waals surface area contributed by atoms with Crippen LogP contribution in [0.2, 0.25) is 0 Å². The first-order chi connectivity index (χ1) is 12.9. The molecule has 9 heteroatoms. The zero-order valence-corrected chi connectivity index (χ0v) is 20.4. The van der Waals surface area contributed by atoms with E-state index in [4.69, 9.17) is 0 Å². The van der Waals surface area contributed by atoms with Crippen LogP contribution in [0.25, 0.3) is 0 Å². The van der Waals surface area contributed by atoms with Crippen molar-refractivity contribution in [2.24, 2.45) is 10.9 Å². The van der Waals surface area contributed by atoms with E-state index in [1.165, 1.54) is 0 Å². The highest BCUT2D eigenvalue weighted by atomic mass is 127. The lowest BCUT2D eigenvalue weighted by Gasteiger charge is -2.45. The van der Waals surface area contributed by atoms with Gasteiger partial charge in [0, 0.05) is 39.1 Å². The standard InChI is InChI=1S/C19H33N5O2S.HI/c1-16(2)14-23-10-9-21-17(23)13-22-18(20-3)24-11-12-27(25,26)19(15-24)7-5-4-6-8-19;/h9-10,16H,4-8,11-15H2,1-3H3,(H,20,22);1H. The van der Waals surface area contributed by atoms with Crippen LogP contribution >= 0.6 is 24.0 Å². The van der Waals surface area contributed by atoms with E-state index < -0.39 is 14.6 Å². The van der Waals surface area contributed by atoms with Crippen LogP contribution in [0.1, 0.15) is 51.8 Å². The van der Waals surface area contributed by atoms with Gasteiger partial charge in [0.25, 0.3) is 0 Å². The Labute approximate surface area is 186 Å². The largest absolute Gasteiger partial charge is 0.349 e. The average molecular weight is 523 g/mol. The molecule has 2 heterocycles. The van der Waals surface area contributed by atoms with E-state index in [1.807, 2.05) is 12.4 Å². The van der Waals surface area contributed by atoms with E-state index in [0.29, 0.717) is 25.6 Å². The molecule has 1 saturated carbocycles. The van der Waals surface area contributed by atoms with Crippen LogP contribution in [0.4, 0.5) is 0 Å². The summed E-state index contributed by atoms with van der Waals surface area (Å²) in [7, 11) is -1.28. The van der Waals surface area contributed by atoms with Crippen molar-refractivity contribution in [2.75, 3.05) is 25.9 Å². The minimum absolute atomic E-state index is 0. The maximum atomic E-state index is 12.8. The van der Waals surface area contributed by atoms with Gasteiger partial charge in [0.2, 0.25) is 0 Å². The highest BCUT2D eigenvalue weighted by Gasteiger charge is 2.48. The summed E-state index contributed by atoms with van der Waals surface area (Å²) in [6.45, 7) is 6.95. The molecule has 2 aliphatic rings. The molecule has 7 nitrogen and oxygen atoms in total. The van der Waals surface area contributed by atoms with E-state index in [0.717, 1.165) is 50.4 Å². The summed E-state index contributed by atoms with van der Waals surface area (Å²) in [6.07, 6.45) is 8.54. The molecule has 0 aromatic carbocycles. The SMILES string of the molecule is CN=C(NCc1nccn1CC(C)C)N1CCS(=O)(=O)C2(CCCCC2)C1.I. The highest BCUT2D eigenvalue weighted by Crippen LogP contribution is 2.38. The van der Waals surface area contributed by atoms with Crippen molar-refractivity contribution >= 4 is 39.8 Å². The number of rotatable bonds is 4. The van der Waals surface area contributed by atoms with Crippen molar-refractivity contribution in [1.29, 1.82) is 0 Å². The number of imidazole rings is 1. The van der Waals surface area contributed by atoms with Gasteiger partial charge >= 0.3 is 0 Å². The fourth-order valence-corrected chi connectivity index (χ4v) is 6.53. The Morgan fingerprint density at radius 1 is 1.32 bits per heavy atom. The Hall–Kier alpha value is -0.840. The summed E-state index contributed by atoms with van der Waals surface area (Å²) in [5, 5.41) is 3.40. The smallest absolute Gasteiger partial charge is 0.194 e. The molecule has 2 fully saturated rings. The van der Waals surface area contributed by atoms with Crippen LogP contribution in [-0.2, 0) is 22.9 Å². The molecule has 0 unspecified atom stereocenters. The second-order valence-electron chi connectivity index (χ2n) is 8.27. The van der Waals surface area contributed by atoms with Gasteiger partial charge in [0.15, 0.2) is 15.8 Å². The minimum atomic E-state index is -3.04. The predicted octanol–water partition coefficient (Wildman–Crippen LogP) is 2.67. The van der Waals surface area contributed by atoms with Gasteiger partial charge in [-0.05, 0) is 18.8 Å². The van der Waals surface area contributed by atoms with Crippen LogP contribution in [0.3, 0.4) is 0 Å². The summed E-state index contributed by atoms with van der Waals surface area (Å²) in [5.74, 6) is 2.52. The van der Waals surface area contributed by atoms with Crippen LogP contribution < -0.4 is 5.32 Å². The molecule has 28 heavy (non-hydrogen) atoms. The molecule has 0 amide bonds. The quantitative estimate of drug-likeness (QED) is 0.373. The number of nitrogens with zero attached hydrogens (tertiary/aromatic N) is 4. The van der Waals surface area contributed by atoms with Crippen LogP contribution in [0.15, 0.2) is 17.4 Å². The van der Waals surface area contributed by atoms with Gasteiger partial charge in [-0.3, -0.25) is 4.99 Å². The van der Waals surface area contributed by atoms with Crippen molar-refractivity contribution < 1.29 is 8.42 Å². The van der Waals surface area contributed by atoms with Crippen molar-refractivity contribution in [3.63, 3.8) is 0 Å². The minimum Gasteiger partial charge on any atom is -0.349 e. The lowest BCUT2D eigenvalue weighted by Crippen LogP contribution is -2.60. The van der Waals surface area contributed by atoms with E-state index in [9.17, 15) is 8.42 Å². The van der Waals surface area contributed by atoms with Crippen LogP contribution in [-0.4, -0.2) is 59.5 Å². The first kappa shape index (κ1) is 23.4. The molecule has 160 valence electrons. The molecular formula is C19H34IN5O2S. The fourth-order valence-electron chi connectivity index (χ4n) is 4.38. The fraction of sp³-hybridized carbons (Fsp3) is 0.789. The molecular weight excluding hydrogens is 489 g/mol. The van der Waals surface area contributed by atoms with E-state index in [2.05, 4.69) is 38.6 Å². The Morgan fingerprint density at radius 3 is 2.68 bits per heavy atom. The third-order valence-corrected chi connectivity index (χ3v) is 8.39. The lowest BCUT2D eigenvalue weighted by molar-refractivity contribution is 0.273. The molecule has 1 aromatic rings. The monoisotopic (exact) mass is 523 g/mol. The van der Waals surface area contributed by atoms with Crippen molar-refractivity contribution in [2.45, 2.75) is 63.8 Å². The first-order valence-electron chi connectivity index (χ1n) is 10.0. The summed E-state index contributed by atoms with van der Waals surface area (Å²) in [4.78, 5) is 11.0. The maximum absolute atomic E-state index is 12.8. The third-order valence-electron chi connectivity index (χ3n) is 5.81. The molecule has 0 bridgehead atoms. The van der Waals surface area contributed by atoms with Crippen LogP contribution in [0, 0.1) is 5.92 Å². The van der Waals surface area contributed by atoms with E-state index >= 15 is 0 Å². The molecule has 1 aromatic heterocycles. The Morgan fingerprint density at radius 2 is 2.04 bits per heavy atom. The van der Waals surface area contributed by atoms with Gasteiger partial charge in [-0.1, -0.05) is 33.1 Å². The third kappa shape index (κ3) is 5.01. The number of sulfone groups is 1. The average Bonchev–Trinajstić information content (AvgIpc) is 3.06. The number of aliphatic imine (C=N–C) groups is 1. The summed E-state index contributed by atoms with van der Waals surface area (Å²) in [6, 6.07) is 0. The number of hydrogen-bond donors (Lipinski definition) is 1. The highest BCUT2D eigenvalue weighted by molar-refractivity contribution is 14.0. The number of nitrogens with one attached hydrogen (secondary N) is 1. The van der Waals surface area contributed by atoms with Gasteiger partial charge in [0.1, 0.15) is 5.82 Å². The summed E-state index contributed by atoms with van der Waals surface area (Å²) < 4.78 is 27.2. The predicted molar refractivity (Wildman–Crippen MR) is 124 cm³/mol. The molecule has 0 radical (unpaired) electrons. The zero-order chi connectivity index (χ0) is 19.5. The van der Waals surface area contributed by atoms with Crippen LogP contribution in [0.5, 0.6) is 0 Å². The topological polar surface area (TPSA) is 79.6 Å². The number of hydrogen-bond acceptors (Lipinski definition) is 4. The molecule has 0 atom stereocenters. The Kier molecular flexibility index (Phi) is 8.18. The summed E-state index contributed by atoms with van der Waals surface area (Å²) >= 11 is 0. The van der Waals surface area contributed by atoms with Gasteiger partial charge < -0.3 is 14.8 Å². The Bertz CT molecular complexity index is 769. The second-order valence-corrected chi connectivity index (χ2v) is 10.8. The van der Waals surface area contributed by atoms with E-state index in [-0.39, 0.29) is 29.7 Å². The molecule has 1 aliphatic carbocycles. The van der Waals surface area contributed by atoms with Gasteiger partial charge in [-0.15, -0.1) is 24.0 Å². The molecule has 3 rings (SSSR count). The van der Waals surface area contributed by atoms with Crippen molar-refractivity contribution in [3.05, 3.63) is 18.2 Å². The number of aromatic nitrogens is 2. The van der Waals surface area contributed by atoms with Gasteiger partial charge in [0.05, 0.1) is 17.0 Å². The normalized spacial score (nSPS) is 21.6. The molecule has 1 saturated heterocycles. The molecule has 1 aliphatic heterocycles. The van der Waals surface area contributed by atoms with E-state index in [1.54, 1.807) is 7.05 Å². The van der Waals surface area contributed by atoms with Gasteiger partial charge in [-0.2, -0.15) is 0 Å². The lowest BCUT2D eigenvalue weighted by atomic mass is 9.87. The molecule has 1 N–H and O–H groups in total. The number of halogens is 1. The van der Waals surface area contributed by atoms with Crippen molar-refractivity contribution in [1.82, 2.24) is 19.8 Å². The number of guanidine groups is 1. The zero-order valence-electron chi connectivity index (χ0n) is 17.2. The maximum Gasteiger partial charge on any atom is 0.194 e.